The number of H-pyrrole nitrogens is 1. The minimum absolute atomic E-state index is 0. The smallest absolute Gasteiger partial charge is 0.223 e. The Hall–Kier alpha value is -1.52. The van der Waals surface area contributed by atoms with E-state index in [0.717, 1.165) is 32.1 Å². The number of nitrogens with two attached hydrogens (primary N) is 1. The fourth-order valence-electron chi connectivity index (χ4n) is 3.50. The molecule has 1 aliphatic carbocycles. The molecule has 0 spiro atoms. The third kappa shape index (κ3) is 4.06. The molecule has 0 radical (unpaired) electrons. The molecule has 0 bridgehead atoms. The number of carbonyl (C=O) groups is 1. The zero-order chi connectivity index (χ0) is 15.5. The molecule has 1 aliphatic rings. The summed E-state index contributed by atoms with van der Waals surface area (Å²) in [5, 5.41) is 4.34. The van der Waals surface area contributed by atoms with E-state index in [9.17, 15) is 4.79 Å². The molecule has 1 aromatic carbocycles. The standard InChI is InChI=1S/C18H25N3O.ClH/c1-12-4-2-7-16-14(11-21-17(12)16)8-9-20-18(22)13-5-3-6-15(19)10-13;/h2,4,7,11,13,15,21H,3,5-6,8-10,19H2,1H3,(H,20,22);1H. The first-order chi connectivity index (χ1) is 10.6. The van der Waals surface area contributed by atoms with E-state index >= 15 is 0 Å². The van der Waals surface area contributed by atoms with E-state index in [2.05, 4.69) is 41.6 Å². The second kappa shape index (κ2) is 7.84. The van der Waals surface area contributed by atoms with Crippen molar-refractivity contribution in [3.63, 3.8) is 0 Å². The predicted octanol–water partition coefficient (Wildman–Crippen LogP) is 3.07. The quantitative estimate of drug-likeness (QED) is 0.803. The van der Waals surface area contributed by atoms with Crippen molar-refractivity contribution in [2.24, 2.45) is 11.7 Å². The monoisotopic (exact) mass is 335 g/mol. The second-order valence-corrected chi connectivity index (χ2v) is 6.48. The molecule has 3 rings (SSSR count). The van der Waals surface area contributed by atoms with E-state index in [1.807, 2.05) is 0 Å². The molecule has 1 amide bonds. The molecule has 0 aliphatic heterocycles. The van der Waals surface area contributed by atoms with E-state index in [0.29, 0.717) is 6.54 Å². The average Bonchev–Trinajstić information content (AvgIpc) is 2.92. The Morgan fingerprint density at radius 1 is 1.39 bits per heavy atom. The van der Waals surface area contributed by atoms with Gasteiger partial charge in [0.2, 0.25) is 5.91 Å². The van der Waals surface area contributed by atoms with E-state index in [-0.39, 0.29) is 30.3 Å². The summed E-state index contributed by atoms with van der Waals surface area (Å²) in [6, 6.07) is 6.52. The highest BCUT2D eigenvalue weighted by atomic mass is 35.5. The molecule has 4 N–H and O–H groups in total. The van der Waals surface area contributed by atoms with Crippen LogP contribution in [0, 0.1) is 12.8 Å². The van der Waals surface area contributed by atoms with Crippen molar-refractivity contribution in [2.45, 2.75) is 45.1 Å². The lowest BCUT2D eigenvalue weighted by Crippen LogP contribution is -2.38. The number of fused-ring (bicyclic) bond motifs is 1. The third-order valence-electron chi connectivity index (χ3n) is 4.79. The number of carbonyl (C=O) groups excluding carboxylic acids is 1. The third-order valence-corrected chi connectivity index (χ3v) is 4.79. The van der Waals surface area contributed by atoms with Gasteiger partial charge in [-0.3, -0.25) is 4.79 Å². The van der Waals surface area contributed by atoms with Gasteiger partial charge < -0.3 is 16.0 Å². The Morgan fingerprint density at radius 2 is 2.22 bits per heavy atom. The fourth-order valence-corrected chi connectivity index (χ4v) is 3.50. The Labute approximate surface area is 143 Å². The highest BCUT2D eigenvalue weighted by molar-refractivity contribution is 5.86. The summed E-state index contributed by atoms with van der Waals surface area (Å²) in [6.45, 7) is 2.79. The summed E-state index contributed by atoms with van der Waals surface area (Å²) >= 11 is 0. The number of benzene rings is 1. The largest absolute Gasteiger partial charge is 0.361 e. The van der Waals surface area contributed by atoms with Crippen molar-refractivity contribution >= 4 is 29.2 Å². The van der Waals surface area contributed by atoms with Gasteiger partial charge in [0.1, 0.15) is 0 Å². The fraction of sp³-hybridized carbons (Fsp3) is 0.500. The first-order valence-electron chi connectivity index (χ1n) is 8.24. The van der Waals surface area contributed by atoms with Crippen LogP contribution >= 0.6 is 12.4 Å². The molecule has 1 fully saturated rings. The van der Waals surface area contributed by atoms with Crippen LogP contribution in [0.15, 0.2) is 24.4 Å². The van der Waals surface area contributed by atoms with Crippen LogP contribution in [-0.4, -0.2) is 23.5 Å². The first-order valence-corrected chi connectivity index (χ1v) is 8.24. The molecule has 5 heteroatoms. The van der Waals surface area contributed by atoms with Crippen molar-refractivity contribution < 1.29 is 4.79 Å². The van der Waals surface area contributed by atoms with Crippen molar-refractivity contribution in [1.29, 1.82) is 0 Å². The lowest BCUT2D eigenvalue weighted by Gasteiger charge is -2.25. The summed E-state index contributed by atoms with van der Waals surface area (Å²) in [5.74, 6) is 0.278. The molecule has 126 valence electrons. The van der Waals surface area contributed by atoms with Gasteiger partial charge in [0, 0.05) is 35.6 Å². The van der Waals surface area contributed by atoms with Gasteiger partial charge in [-0.1, -0.05) is 24.6 Å². The summed E-state index contributed by atoms with van der Waals surface area (Å²) in [6.07, 6.45) is 6.84. The number of aromatic nitrogens is 1. The molecular formula is C18H26ClN3O. The van der Waals surface area contributed by atoms with E-state index in [4.69, 9.17) is 5.73 Å². The van der Waals surface area contributed by atoms with E-state index in [1.165, 1.54) is 22.0 Å². The molecule has 2 aromatic rings. The van der Waals surface area contributed by atoms with E-state index in [1.54, 1.807) is 0 Å². The number of hydrogen-bond acceptors (Lipinski definition) is 2. The van der Waals surface area contributed by atoms with Gasteiger partial charge in [0.15, 0.2) is 0 Å². The van der Waals surface area contributed by atoms with Crippen LogP contribution < -0.4 is 11.1 Å². The Balaban J connectivity index is 0.00000192. The maximum atomic E-state index is 12.2. The predicted molar refractivity (Wildman–Crippen MR) is 96.9 cm³/mol. The average molecular weight is 336 g/mol. The Bertz CT molecular complexity index is 667. The van der Waals surface area contributed by atoms with Crippen molar-refractivity contribution in [2.75, 3.05) is 6.54 Å². The maximum absolute atomic E-state index is 12.2. The number of aryl methyl sites for hydroxylation is 1. The molecule has 1 aromatic heterocycles. The maximum Gasteiger partial charge on any atom is 0.223 e. The normalized spacial score (nSPS) is 21.0. The summed E-state index contributed by atoms with van der Waals surface area (Å²) < 4.78 is 0. The minimum Gasteiger partial charge on any atom is -0.361 e. The van der Waals surface area contributed by atoms with Crippen LogP contribution in [0.1, 0.15) is 36.8 Å². The number of amides is 1. The highest BCUT2D eigenvalue weighted by Crippen LogP contribution is 2.23. The van der Waals surface area contributed by atoms with Gasteiger partial charge in [-0.15, -0.1) is 12.4 Å². The minimum atomic E-state index is 0. The second-order valence-electron chi connectivity index (χ2n) is 6.48. The summed E-state index contributed by atoms with van der Waals surface area (Å²) in [7, 11) is 0. The molecule has 2 unspecified atom stereocenters. The number of rotatable bonds is 4. The number of para-hydroxylation sites is 1. The van der Waals surface area contributed by atoms with Crippen molar-refractivity contribution in [1.82, 2.24) is 10.3 Å². The number of halogens is 1. The van der Waals surface area contributed by atoms with Gasteiger partial charge in [0.25, 0.3) is 0 Å². The Kier molecular flexibility index (Phi) is 6.08. The first kappa shape index (κ1) is 17.8. The number of aromatic amines is 1. The van der Waals surface area contributed by atoms with Gasteiger partial charge in [-0.2, -0.15) is 0 Å². The van der Waals surface area contributed by atoms with Crippen LogP contribution in [0.2, 0.25) is 0 Å². The lowest BCUT2D eigenvalue weighted by atomic mass is 9.85. The summed E-state index contributed by atoms with van der Waals surface area (Å²) in [5.41, 5.74) is 9.67. The number of nitrogens with one attached hydrogen (secondary N) is 2. The SMILES string of the molecule is Cc1cccc2c(CCNC(=O)C3CCCC(N)C3)c[nH]c12.Cl. The molecule has 1 heterocycles. The van der Waals surface area contributed by atoms with Crippen LogP contribution in [0.3, 0.4) is 0 Å². The highest BCUT2D eigenvalue weighted by Gasteiger charge is 2.24. The van der Waals surface area contributed by atoms with Gasteiger partial charge in [-0.05, 0) is 43.7 Å². The van der Waals surface area contributed by atoms with Crippen molar-refractivity contribution in [3.05, 3.63) is 35.5 Å². The molecule has 0 saturated heterocycles. The van der Waals surface area contributed by atoms with Gasteiger partial charge in [-0.25, -0.2) is 0 Å². The molecule has 4 nitrogen and oxygen atoms in total. The molecule has 1 saturated carbocycles. The molecule has 23 heavy (non-hydrogen) atoms. The van der Waals surface area contributed by atoms with Crippen LogP contribution in [0.5, 0.6) is 0 Å². The Morgan fingerprint density at radius 3 is 3.00 bits per heavy atom. The van der Waals surface area contributed by atoms with Crippen LogP contribution in [-0.2, 0) is 11.2 Å². The van der Waals surface area contributed by atoms with E-state index < -0.39 is 0 Å². The summed E-state index contributed by atoms with van der Waals surface area (Å²) in [4.78, 5) is 15.5. The van der Waals surface area contributed by atoms with Gasteiger partial charge >= 0.3 is 0 Å². The molecule has 2 atom stereocenters. The van der Waals surface area contributed by atoms with Crippen LogP contribution in [0.25, 0.3) is 10.9 Å². The van der Waals surface area contributed by atoms with Crippen molar-refractivity contribution in [3.8, 4) is 0 Å². The topological polar surface area (TPSA) is 70.9 Å². The van der Waals surface area contributed by atoms with Gasteiger partial charge in [0.05, 0.1) is 0 Å². The zero-order valence-corrected chi connectivity index (χ0v) is 14.4. The lowest BCUT2D eigenvalue weighted by molar-refractivity contribution is -0.126. The molecular weight excluding hydrogens is 310 g/mol. The van der Waals surface area contributed by atoms with Crippen LogP contribution in [0.4, 0.5) is 0 Å². The number of hydrogen-bond donors (Lipinski definition) is 3. The zero-order valence-electron chi connectivity index (χ0n) is 13.6.